The summed E-state index contributed by atoms with van der Waals surface area (Å²) in [7, 11) is -4.01. The molecule has 186 valence electrons. The van der Waals surface area contributed by atoms with Crippen molar-refractivity contribution in [2.75, 3.05) is 19.7 Å². The van der Waals surface area contributed by atoms with E-state index in [0.717, 1.165) is 11.1 Å². The molecule has 3 rings (SSSR count). The van der Waals surface area contributed by atoms with Crippen molar-refractivity contribution in [1.82, 2.24) is 14.2 Å². The molecule has 1 aliphatic rings. The molecule has 1 N–H and O–H groups in total. The number of esters is 1. The molecule has 0 unspecified atom stereocenters. The molecular weight excluding hydrogens is 454 g/mol. The van der Waals surface area contributed by atoms with Crippen LogP contribution < -0.4 is 5.32 Å². The molecule has 34 heavy (non-hydrogen) atoms. The fourth-order valence-corrected chi connectivity index (χ4v) is 6.72. The summed E-state index contributed by atoms with van der Waals surface area (Å²) in [4.78, 5) is 25.6. The average molecular weight is 490 g/mol. The maximum Gasteiger partial charge on any atom is 0.341 e. The number of aryl methyl sites for hydroxylation is 1. The van der Waals surface area contributed by atoms with Gasteiger partial charge in [0.05, 0.1) is 12.5 Å². The minimum Gasteiger partial charge on any atom is -0.462 e. The van der Waals surface area contributed by atoms with Crippen LogP contribution in [0.4, 0.5) is 0 Å². The highest BCUT2D eigenvalue weighted by Gasteiger charge is 2.39. The van der Waals surface area contributed by atoms with Gasteiger partial charge in [-0.15, -0.1) is 0 Å². The number of benzene rings is 1. The Morgan fingerprint density at radius 3 is 2.53 bits per heavy atom. The van der Waals surface area contributed by atoms with Crippen LogP contribution in [0.3, 0.4) is 0 Å². The van der Waals surface area contributed by atoms with Crippen molar-refractivity contribution in [3.05, 3.63) is 52.3 Å². The first-order chi connectivity index (χ1) is 16.1. The van der Waals surface area contributed by atoms with E-state index < -0.39 is 21.9 Å². The van der Waals surface area contributed by atoms with E-state index in [1.165, 1.54) is 4.31 Å². The standard InChI is InChI=1S/C25H35N3O5S/c1-6-28-18(4)22(25(30)33-7-2)23(19(28)5)34(31,32)27-13-9-12-21(16-27)24(29)26-15-20-11-8-10-17(3)14-20/h8,10-11,14,21H,6-7,9,12-13,15-16H2,1-5H3,(H,26,29)/t21-/m1/s1. The molecule has 9 heteroatoms. The lowest BCUT2D eigenvalue weighted by molar-refractivity contribution is -0.126. The van der Waals surface area contributed by atoms with Crippen molar-refractivity contribution in [1.29, 1.82) is 0 Å². The first kappa shape index (κ1) is 26.0. The van der Waals surface area contributed by atoms with Gasteiger partial charge >= 0.3 is 5.97 Å². The van der Waals surface area contributed by atoms with Gasteiger partial charge < -0.3 is 14.6 Å². The monoisotopic (exact) mass is 489 g/mol. The number of rotatable bonds is 8. The fraction of sp³-hybridized carbons (Fsp3) is 0.520. The quantitative estimate of drug-likeness (QED) is 0.574. The summed E-state index contributed by atoms with van der Waals surface area (Å²) in [6, 6.07) is 7.90. The summed E-state index contributed by atoms with van der Waals surface area (Å²) in [6.45, 7) is 10.5. The van der Waals surface area contributed by atoms with E-state index in [4.69, 9.17) is 4.74 Å². The molecule has 1 aromatic heterocycles. The molecule has 1 amide bonds. The lowest BCUT2D eigenvalue weighted by Crippen LogP contribution is -2.45. The third-order valence-corrected chi connectivity index (χ3v) is 8.45. The lowest BCUT2D eigenvalue weighted by Gasteiger charge is -2.31. The second-order valence-corrected chi connectivity index (χ2v) is 10.6. The van der Waals surface area contributed by atoms with Crippen LogP contribution in [0.15, 0.2) is 29.2 Å². The van der Waals surface area contributed by atoms with Gasteiger partial charge in [-0.1, -0.05) is 29.8 Å². The summed E-state index contributed by atoms with van der Waals surface area (Å²) in [5.74, 6) is -1.25. The zero-order valence-corrected chi connectivity index (χ0v) is 21.5. The van der Waals surface area contributed by atoms with Crippen LogP contribution in [-0.4, -0.2) is 48.9 Å². The van der Waals surface area contributed by atoms with Crippen molar-refractivity contribution in [3.8, 4) is 0 Å². The number of aromatic nitrogens is 1. The Morgan fingerprint density at radius 1 is 1.15 bits per heavy atom. The van der Waals surface area contributed by atoms with Gasteiger partial charge in [0.2, 0.25) is 15.9 Å². The Labute approximate surface area is 202 Å². The number of sulfonamides is 1. The van der Waals surface area contributed by atoms with Crippen molar-refractivity contribution in [2.24, 2.45) is 5.92 Å². The number of carbonyl (C=O) groups excluding carboxylic acids is 2. The van der Waals surface area contributed by atoms with Crippen LogP contribution in [-0.2, 0) is 32.6 Å². The second-order valence-electron chi connectivity index (χ2n) is 8.75. The number of amides is 1. The predicted octanol–water partition coefficient (Wildman–Crippen LogP) is 3.33. The fourth-order valence-electron chi connectivity index (χ4n) is 4.75. The first-order valence-electron chi connectivity index (χ1n) is 11.8. The Balaban J connectivity index is 1.84. The van der Waals surface area contributed by atoms with Gasteiger partial charge in [-0.3, -0.25) is 4.79 Å². The molecule has 0 spiro atoms. The van der Waals surface area contributed by atoms with Gasteiger partial charge in [-0.25, -0.2) is 13.2 Å². The van der Waals surface area contributed by atoms with Crippen LogP contribution in [0.5, 0.6) is 0 Å². The van der Waals surface area contributed by atoms with Gasteiger partial charge in [0.25, 0.3) is 0 Å². The number of hydrogen-bond donors (Lipinski definition) is 1. The Hall–Kier alpha value is -2.65. The SMILES string of the molecule is CCOC(=O)c1c(S(=O)(=O)N2CCC[C@@H](C(=O)NCc3cccc(C)c3)C2)c(C)n(CC)c1C. The minimum atomic E-state index is -4.01. The molecule has 2 heterocycles. The Kier molecular flexibility index (Phi) is 8.20. The number of carbonyl (C=O) groups is 2. The lowest BCUT2D eigenvalue weighted by atomic mass is 9.98. The molecule has 1 atom stereocenters. The predicted molar refractivity (Wildman–Crippen MR) is 130 cm³/mol. The van der Waals surface area contributed by atoms with Crippen LogP contribution in [0.1, 0.15) is 59.6 Å². The Bertz CT molecular complexity index is 1170. The highest BCUT2D eigenvalue weighted by atomic mass is 32.2. The number of nitrogens with zero attached hydrogens (tertiary/aromatic N) is 2. The van der Waals surface area contributed by atoms with Gasteiger partial charge in [-0.2, -0.15) is 4.31 Å². The average Bonchev–Trinajstić information content (AvgIpc) is 3.07. The molecule has 1 fully saturated rings. The van der Waals surface area contributed by atoms with Crippen LogP contribution >= 0.6 is 0 Å². The van der Waals surface area contributed by atoms with Gasteiger partial charge in [0.15, 0.2) is 0 Å². The van der Waals surface area contributed by atoms with Crippen LogP contribution in [0, 0.1) is 26.7 Å². The molecule has 0 bridgehead atoms. The van der Waals surface area contributed by atoms with E-state index in [1.54, 1.807) is 20.8 Å². The normalized spacial score (nSPS) is 16.9. The van der Waals surface area contributed by atoms with E-state index in [0.29, 0.717) is 43.9 Å². The number of nitrogens with one attached hydrogen (secondary N) is 1. The van der Waals surface area contributed by atoms with E-state index in [-0.39, 0.29) is 29.5 Å². The zero-order valence-electron chi connectivity index (χ0n) is 20.7. The summed E-state index contributed by atoms with van der Waals surface area (Å²) in [5.41, 5.74) is 3.28. The van der Waals surface area contributed by atoms with Crippen molar-refractivity contribution in [2.45, 2.75) is 65.4 Å². The van der Waals surface area contributed by atoms with Gasteiger partial charge in [-0.05, 0) is 53.0 Å². The third-order valence-electron chi connectivity index (χ3n) is 6.43. The van der Waals surface area contributed by atoms with Crippen molar-refractivity contribution in [3.63, 3.8) is 0 Å². The number of ether oxygens (including phenoxy) is 1. The maximum atomic E-state index is 13.8. The molecule has 0 radical (unpaired) electrons. The van der Waals surface area contributed by atoms with Crippen LogP contribution in [0.25, 0.3) is 0 Å². The first-order valence-corrected chi connectivity index (χ1v) is 13.3. The topological polar surface area (TPSA) is 97.7 Å². The summed E-state index contributed by atoms with van der Waals surface area (Å²) >= 11 is 0. The zero-order chi connectivity index (χ0) is 25.0. The number of hydrogen-bond acceptors (Lipinski definition) is 5. The Morgan fingerprint density at radius 2 is 1.88 bits per heavy atom. The molecule has 8 nitrogen and oxygen atoms in total. The summed E-state index contributed by atoms with van der Waals surface area (Å²) < 4.78 is 35.9. The molecule has 0 aliphatic carbocycles. The molecule has 1 aromatic carbocycles. The minimum absolute atomic E-state index is 0.00822. The molecular formula is C25H35N3O5S. The molecule has 0 saturated carbocycles. The maximum absolute atomic E-state index is 13.8. The highest BCUT2D eigenvalue weighted by molar-refractivity contribution is 7.89. The summed E-state index contributed by atoms with van der Waals surface area (Å²) in [6.07, 6.45) is 1.19. The van der Waals surface area contributed by atoms with Crippen molar-refractivity contribution < 1.29 is 22.7 Å². The molecule has 1 aliphatic heterocycles. The molecule has 2 aromatic rings. The number of piperidine rings is 1. The van der Waals surface area contributed by atoms with Crippen LogP contribution in [0.2, 0.25) is 0 Å². The molecule has 1 saturated heterocycles. The van der Waals surface area contributed by atoms with E-state index in [9.17, 15) is 18.0 Å². The van der Waals surface area contributed by atoms with E-state index >= 15 is 0 Å². The van der Waals surface area contributed by atoms with Crippen molar-refractivity contribution >= 4 is 21.9 Å². The third kappa shape index (κ3) is 5.20. The van der Waals surface area contributed by atoms with Gasteiger partial charge in [0, 0.05) is 37.6 Å². The second kappa shape index (κ2) is 10.7. The summed E-state index contributed by atoms with van der Waals surface area (Å²) in [5, 5.41) is 2.95. The largest absolute Gasteiger partial charge is 0.462 e. The van der Waals surface area contributed by atoms with E-state index in [2.05, 4.69) is 5.32 Å². The van der Waals surface area contributed by atoms with E-state index in [1.807, 2.05) is 42.7 Å². The smallest absolute Gasteiger partial charge is 0.341 e. The van der Waals surface area contributed by atoms with Gasteiger partial charge in [0.1, 0.15) is 10.5 Å². The highest BCUT2D eigenvalue weighted by Crippen LogP contribution is 2.32.